The number of aromatic nitrogens is 2. The lowest BCUT2D eigenvalue weighted by Gasteiger charge is -2.37. The van der Waals surface area contributed by atoms with E-state index in [0.29, 0.717) is 32.3 Å². The molecule has 1 aliphatic rings. The molecule has 0 radical (unpaired) electrons. The van der Waals surface area contributed by atoms with E-state index >= 15 is 0 Å². The summed E-state index contributed by atoms with van der Waals surface area (Å²) >= 11 is 0. The van der Waals surface area contributed by atoms with Crippen LogP contribution >= 0.6 is 0 Å². The molecule has 35 heavy (non-hydrogen) atoms. The molecule has 0 aliphatic carbocycles. The van der Waals surface area contributed by atoms with Crippen molar-refractivity contribution in [3.8, 4) is 0 Å². The Kier molecular flexibility index (Phi) is 10.6. The summed E-state index contributed by atoms with van der Waals surface area (Å²) in [5.41, 5.74) is 2.13. The van der Waals surface area contributed by atoms with Gasteiger partial charge in [-0.3, -0.25) is 4.68 Å². The molecule has 1 amide bonds. The molecule has 0 bridgehead atoms. The fourth-order valence-corrected chi connectivity index (χ4v) is 4.21. The van der Waals surface area contributed by atoms with Crippen molar-refractivity contribution in [1.82, 2.24) is 20.0 Å². The van der Waals surface area contributed by atoms with Crippen LogP contribution in [0.5, 0.6) is 0 Å². The first kappa shape index (κ1) is 27.2. The average molecular weight is 487 g/mol. The molecule has 2 unspecified atom stereocenters. The largest absolute Gasteiger partial charge is 0.445 e. The van der Waals surface area contributed by atoms with E-state index in [4.69, 9.17) is 14.2 Å². The Morgan fingerprint density at radius 2 is 1.83 bits per heavy atom. The normalized spacial score (nSPS) is 19.0. The molecule has 1 aromatic heterocycles. The second kappa shape index (κ2) is 13.6. The van der Waals surface area contributed by atoms with Crippen LogP contribution in [0.2, 0.25) is 0 Å². The quantitative estimate of drug-likeness (QED) is 0.459. The van der Waals surface area contributed by atoms with Gasteiger partial charge in [-0.2, -0.15) is 5.10 Å². The number of alkyl carbamates (subject to hydrolysis) is 1. The third-order valence-corrected chi connectivity index (χ3v) is 6.33. The van der Waals surface area contributed by atoms with Crippen LogP contribution in [-0.4, -0.2) is 73.4 Å². The second-order valence-corrected chi connectivity index (χ2v) is 10.4. The lowest BCUT2D eigenvalue weighted by Crippen LogP contribution is -2.50. The SMILES string of the molecule is CN1CCC(NC(=O)OCc2ccccc2)C(CCOCCOCCn2ccc(C(C)(C)C)n2)C1. The molecule has 8 heteroatoms. The Bertz CT molecular complexity index is 881. The van der Waals surface area contributed by atoms with Gasteiger partial charge in [-0.25, -0.2) is 4.79 Å². The van der Waals surface area contributed by atoms with E-state index in [2.05, 4.69) is 49.2 Å². The maximum Gasteiger partial charge on any atom is 0.407 e. The monoisotopic (exact) mass is 486 g/mol. The zero-order valence-electron chi connectivity index (χ0n) is 21.7. The van der Waals surface area contributed by atoms with Gasteiger partial charge in [0.2, 0.25) is 0 Å². The molecule has 1 aromatic carbocycles. The second-order valence-electron chi connectivity index (χ2n) is 10.4. The molecule has 1 aliphatic heterocycles. The smallest absolute Gasteiger partial charge is 0.407 e. The van der Waals surface area contributed by atoms with Crippen molar-refractivity contribution in [3.63, 3.8) is 0 Å². The highest BCUT2D eigenvalue weighted by atomic mass is 16.5. The lowest BCUT2D eigenvalue weighted by atomic mass is 9.90. The number of likely N-dealkylation sites (tertiary alicyclic amines) is 1. The summed E-state index contributed by atoms with van der Waals surface area (Å²) in [7, 11) is 2.12. The fraction of sp³-hybridized carbons (Fsp3) is 0.630. The van der Waals surface area contributed by atoms with Crippen LogP contribution in [0.1, 0.15) is 44.9 Å². The standard InChI is InChI=1S/C27H42N4O4/c1-27(2,3)25-11-14-31(29-25)15-17-34-19-18-33-16-12-23-20-30(4)13-10-24(23)28-26(32)35-21-22-8-6-5-7-9-22/h5-9,11,14,23-24H,10,12-13,15-21H2,1-4H3,(H,28,32). The van der Waals surface area contributed by atoms with Gasteiger partial charge >= 0.3 is 6.09 Å². The van der Waals surface area contributed by atoms with Gasteiger partial charge < -0.3 is 24.4 Å². The lowest BCUT2D eigenvalue weighted by molar-refractivity contribution is 0.0322. The van der Waals surface area contributed by atoms with E-state index in [-0.39, 0.29) is 24.2 Å². The number of rotatable bonds is 12. The van der Waals surface area contributed by atoms with Crippen molar-refractivity contribution in [2.45, 2.75) is 58.2 Å². The van der Waals surface area contributed by atoms with Gasteiger partial charge in [-0.15, -0.1) is 0 Å². The summed E-state index contributed by atoms with van der Waals surface area (Å²) < 4.78 is 18.9. The van der Waals surface area contributed by atoms with Gasteiger partial charge in [-0.1, -0.05) is 51.1 Å². The van der Waals surface area contributed by atoms with Crippen LogP contribution in [0.3, 0.4) is 0 Å². The zero-order chi connectivity index (χ0) is 25.1. The minimum absolute atomic E-state index is 0.0596. The van der Waals surface area contributed by atoms with Gasteiger partial charge in [0, 0.05) is 30.8 Å². The number of ether oxygens (including phenoxy) is 3. The maximum atomic E-state index is 12.3. The number of nitrogens with zero attached hydrogens (tertiary/aromatic N) is 3. The fourth-order valence-electron chi connectivity index (χ4n) is 4.21. The number of nitrogens with one attached hydrogen (secondary N) is 1. The van der Waals surface area contributed by atoms with E-state index in [9.17, 15) is 4.79 Å². The zero-order valence-corrected chi connectivity index (χ0v) is 21.7. The third kappa shape index (κ3) is 9.63. The number of hydrogen-bond donors (Lipinski definition) is 1. The molecule has 8 nitrogen and oxygen atoms in total. The van der Waals surface area contributed by atoms with Crippen molar-refractivity contribution < 1.29 is 19.0 Å². The van der Waals surface area contributed by atoms with E-state index < -0.39 is 0 Å². The number of carbonyl (C=O) groups excluding carboxylic acids is 1. The van der Waals surface area contributed by atoms with E-state index in [1.807, 2.05) is 41.2 Å². The molecule has 2 aromatic rings. The Morgan fingerprint density at radius 1 is 1.09 bits per heavy atom. The predicted molar refractivity (Wildman–Crippen MR) is 136 cm³/mol. The number of piperidine rings is 1. The molecular formula is C27H42N4O4. The minimum atomic E-state index is -0.352. The van der Waals surface area contributed by atoms with Gasteiger partial charge in [0.1, 0.15) is 6.61 Å². The van der Waals surface area contributed by atoms with Gasteiger partial charge in [0.15, 0.2) is 0 Å². The molecule has 2 heterocycles. The van der Waals surface area contributed by atoms with Crippen LogP contribution < -0.4 is 5.32 Å². The van der Waals surface area contributed by atoms with Crippen molar-refractivity contribution in [2.24, 2.45) is 5.92 Å². The maximum absolute atomic E-state index is 12.3. The highest BCUT2D eigenvalue weighted by Gasteiger charge is 2.29. The Hall–Kier alpha value is -2.42. The van der Waals surface area contributed by atoms with E-state index in [1.54, 1.807) is 0 Å². The number of amides is 1. The summed E-state index contributed by atoms with van der Waals surface area (Å²) in [6.07, 6.45) is 3.45. The van der Waals surface area contributed by atoms with Crippen LogP contribution in [0, 0.1) is 5.92 Å². The van der Waals surface area contributed by atoms with Crippen LogP contribution in [0.4, 0.5) is 4.79 Å². The summed E-state index contributed by atoms with van der Waals surface area (Å²) in [5.74, 6) is 0.329. The molecule has 1 fully saturated rings. The first-order chi connectivity index (χ1) is 16.8. The molecular weight excluding hydrogens is 444 g/mol. The Balaban J connectivity index is 1.28. The van der Waals surface area contributed by atoms with Gasteiger partial charge in [-0.05, 0) is 44.0 Å². The van der Waals surface area contributed by atoms with Crippen LogP contribution in [-0.2, 0) is 32.8 Å². The summed E-state index contributed by atoms with van der Waals surface area (Å²) in [6.45, 7) is 11.8. The number of benzene rings is 1. The van der Waals surface area contributed by atoms with Crippen molar-refractivity contribution in [2.75, 3.05) is 46.6 Å². The first-order valence-electron chi connectivity index (χ1n) is 12.7. The van der Waals surface area contributed by atoms with Crippen molar-refractivity contribution in [3.05, 3.63) is 53.9 Å². The van der Waals surface area contributed by atoms with E-state index in [0.717, 1.165) is 43.7 Å². The molecule has 194 valence electrons. The molecule has 3 rings (SSSR count). The summed E-state index contributed by atoms with van der Waals surface area (Å²) in [4.78, 5) is 14.6. The topological polar surface area (TPSA) is 77.9 Å². The van der Waals surface area contributed by atoms with Crippen molar-refractivity contribution in [1.29, 1.82) is 0 Å². The minimum Gasteiger partial charge on any atom is -0.445 e. The average Bonchev–Trinajstić information content (AvgIpc) is 3.31. The van der Waals surface area contributed by atoms with Crippen LogP contribution in [0.25, 0.3) is 0 Å². The summed E-state index contributed by atoms with van der Waals surface area (Å²) in [6, 6.07) is 11.9. The number of hydrogen-bond acceptors (Lipinski definition) is 6. The highest BCUT2D eigenvalue weighted by Crippen LogP contribution is 2.20. The number of carbonyl (C=O) groups is 1. The molecule has 0 spiro atoms. The highest BCUT2D eigenvalue weighted by molar-refractivity contribution is 5.67. The predicted octanol–water partition coefficient (Wildman–Crippen LogP) is 3.85. The van der Waals surface area contributed by atoms with Gasteiger partial charge in [0.25, 0.3) is 0 Å². The van der Waals surface area contributed by atoms with Crippen molar-refractivity contribution >= 4 is 6.09 Å². The van der Waals surface area contributed by atoms with Crippen LogP contribution in [0.15, 0.2) is 42.6 Å². The van der Waals surface area contributed by atoms with Gasteiger partial charge in [0.05, 0.1) is 32.1 Å². The third-order valence-electron chi connectivity index (χ3n) is 6.33. The molecule has 1 N–H and O–H groups in total. The Labute approximate surface area is 209 Å². The molecule has 0 saturated carbocycles. The van der Waals surface area contributed by atoms with E-state index in [1.165, 1.54) is 0 Å². The summed E-state index contributed by atoms with van der Waals surface area (Å²) in [5, 5.41) is 7.68. The molecule has 2 atom stereocenters. The first-order valence-corrected chi connectivity index (χ1v) is 12.7. The molecule has 1 saturated heterocycles. The Morgan fingerprint density at radius 3 is 2.54 bits per heavy atom.